The van der Waals surface area contributed by atoms with Crippen LogP contribution in [-0.2, 0) is 0 Å². The van der Waals surface area contributed by atoms with Crippen LogP contribution in [0.4, 0.5) is 5.95 Å². The third kappa shape index (κ3) is 2.90. The molecule has 1 aromatic heterocycles. The number of hydrogen-bond acceptors (Lipinski definition) is 3. The predicted molar refractivity (Wildman–Crippen MR) is 113 cm³/mol. The number of halogens is 1. The van der Waals surface area contributed by atoms with Gasteiger partial charge in [-0.05, 0) is 53.9 Å². The summed E-state index contributed by atoms with van der Waals surface area (Å²) in [6.45, 7) is 0. The first-order valence-corrected chi connectivity index (χ1v) is 9.73. The van der Waals surface area contributed by atoms with Crippen molar-refractivity contribution in [3.63, 3.8) is 0 Å². The topological polar surface area (TPSA) is 39.1 Å². The number of methoxy groups -OCH3 is 1. The molecular weight excluding hydrogens is 370 g/mol. The molecule has 5 rings (SSSR count). The van der Waals surface area contributed by atoms with Crippen molar-refractivity contribution in [3.05, 3.63) is 88.9 Å². The van der Waals surface area contributed by atoms with Crippen LogP contribution >= 0.6 is 11.6 Å². The van der Waals surface area contributed by atoms with Crippen molar-refractivity contribution >= 4 is 28.6 Å². The van der Waals surface area contributed by atoms with E-state index in [2.05, 4.69) is 52.3 Å². The van der Waals surface area contributed by atoms with Gasteiger partial charge in [0.1, 0.15) is 5.75 Å². The second kappa shape index (κ2) is 6.88. The van der Waals surface area contributed by atoms with Gasteiger partial charge in [0.15, 0.2) is 0 Å². The van der Waals surface area contributed by atoms with Crippen molar-refractivity contribution in [2.24, 2.45) is 0 Å². The minimum absolute atomic E-state index is 0.161. The maximum absolute atomic E-state index is 6.09. The van der Waals surface area contributed by atoms with Gasteiger partial charge in [0.25, 0.3) is 0 Å². The number of nitrogens with one attached hydrogen (secondary N) is 1. The van der Waals surface area contributed by atoms with Gasteiger partial charge in [0, 0.05) is 5.02 Å². The third-order valence-corrected chi connectivity index (χ3v) is 5.69. The molecule has 5 heteroatoms. The number of nitrogens with zero attached hydrogens (tertiary/aromatic N) is 2. The fourth-order valence-electron chi connectivity index (χ4n) is 4.03. The molecule has 0 fully saturated rings. The first-order chi connectivity index (χ1) is 13.7. The highest BCUT2D eigenvalue weighted by Gasteiger charge is 2.30. The normalized spacial score (nSPS) is 18.5. The standard InChI is InChI=1S/C23H20ClN3O/c1-28-18-12-8-16(9-13-18)22-14-20(15-6-10-17(24)11-7-15)26-23-25-19-4-2-3-5-21(19)27(22)23/h2-13,20,22H,14H2,1H3,(H,25,26)/t20-,22+/m0/s1. The number of imidazole rings is 1. The number of benzene rings is 3. The van der Waals surface area contributed by atoms with Gasteiger partial charge in [-0.2, -0.15) is 0 Å². The summed E-state index contributed by atoms with van der Waals surface area (Å²) in [7, 11) is 1.69. The molecule has 0 amide bonds. The van der Waals surface area contributed by atoms with E-state index in [1.165, 1.54) is 11.1 Å². The highest BCUT2D eigenvalue weighted by atomic mass is 35.5. The van der Waals surface area contributed by atoms with E-state index in [4.69, 9.17) is 21.3 Å². The summed E-state index contributed by atoms with van der Waals surface area (Å²) in [5.74, 6) is 1.76. The minimum Gasteiger partial charge on any atom is -0.497 e. The molecule has 28 heavy (non-hydrogen) atoms. The quantitative estimate of drug-likeness (QED) is 0.478. The van der Waals surface area contributed by atoms with E-state index in [1.54, 1.807) is 7.11 Å². The van der Waals surface area contributed by atoms with Gasteiger partial charge in [0.05, 0.1) is 30.2 Å². The lowest BCUT2D eigenvalue weighted by Gasteiger charge is -2.33. The van der Waals surface area contributed by atoms with Crippen LogP contribution < -0.4 is 10.1 Å². The SMILES string of the molecule is COc1ccc([C@H]2C[C@@H](c3ccc(Cl)cc3)Nc3nc4ccccc4n32)cc1. The summed E-state index contributed by atoms with van der Waals surface area (Å²) in [6, 6.07) is 25.0. The molecule has 3 aromatic carbocycles. The Hall–Kier alpha value is -2.98. The highest BCUT2D eigenvalue weighted by Crippen LogP contribution is 2.41. The second-order valence-corrected chi connectivity index (χ2v) is 7.50. The first-order valence-electron chi connectivity index (χ1n) is 9.36. The van der Waals surface area contributed by atoms with Gasteiger partial charge >= 0.3 is 0 Å². The van der Waals surface area contributed by atoms with Gasteiger partial charge in [-0.15, -0.1) is 0 Å². The molecule has 1 N–H and O–H groups in total. The van der Waals surface area contributed by atoms with Crippen molar-refractivity contribution in [3.8, 4) is 5.75 Å². The van der Waals surface area contributed by atoms with Crippen LogP contribution in [0, 0.1) is 0 Å². The van der Waals surface area contributed by atoms with Crippen LogP contribution in [0.5, 0.6) is 5.75 Å². The van der Waals surface area contributed by atoms with Gasteiger partial charge in [0.2, 0.25) is 5.95 Å². The third-order valence-electron chi connectivity index (χ3n) is 5.44. The summed E-state index contributed by atoms with van der Waals surface area (Å²) >= 11 is 6.09. The van der Waals surface area contributed by atoms with E-state index in [0.717, 1.165) is 34.2 Å². The van der Waals surface area contributed by atoms with Gasteiger partial charge in [-0.25, -0.2) is 4.98 Å². The van der Waals surface area contributed by atoms with Gasteiger partial charge in [-0.3, -0.25) is 0 Å². The van der Waals surface area contributed by atoms with Gasteiger partial charge in [-0.1, -0.05) is 48.0 Å². The summed E-state index contributed by atoms with van der Waals surface area (Å²) < 4.78 is 7.65. The molecule has 2 atom stereocenters. The Balaban J connectivity index is 1.63. The van der Waals surface area contributed by atoms with E-state index in [1.807, 2.05) is 30.3 Å². The van der Waals surface area contributed by atoms with Crippen molar-refractivity contribution in [2.45, 2.75) is 18.5 Å². The molecule has 0 saturated heterocycles. The smallest absolute Gasteiger partial charge is 0.204 e. The van der Waals surface area contributed by atoms with Crippen molar-refractivity contribution in [2.75, 3.05) is 12.4 Å². The predicted octanol–water partition coefficient (Wildman–Crippen LogP) is 5.84. The summed E-state index contributed by atoms with van der Waals surface area (Å²) in [6.07, 6.45) is 0.918. The van der Waals surface area contributed by atoms with Crippen LogP contribution in [0.2, 0.25) is 5.02 Å². The highest BCUT2D eigenvalue weighted by molar-refractivity contribution is 6.30. The van der Waals surface area contributed by atoms with Crippen LogP contribution in [-0.4, -0.2) is 16.7 Å². The zero-order valence-electron chi connectivity index (χ0n) is 15.5. The molecular formula is C23H20ClN3O. The lowest BCUT2D eigenvalue weighted by molar-refractivity contribution is 0.414. The van der Waals surface area contributed by atoms with Crippen LogP contribution in [0.3, 0.4) is 0 Å². The zero-order chi connectivity index (χ0) is 19.1. The van der Waals surface area contributed by atoms with Gasteiger partial charge < -0.3 is 14.6 Å². The Morgan fingerprint density at radius 3 is 2.43 bits per heavy atom. The van der Waals surface area contributed by atoms with E-state index in [9.17, 15) is 0 Å². The molecule has 0 bridgehead atoms. The van der Waals surface area contributed by atoms with E-state index in [-0.39, 0.29) is 12.1 Å². The molecule has 0 unspecified atom stereocenters. The summed E-state index contributed by atoms with van der Waals surface area (Å²) in [5, 5.41) is 4.38. The molecule has 1 aliphatic rings. The van der Waals surface area contributed by atoms with Crippen molar-refractivity contribution in [1.82, 2.24) is 9.55 Å². The van der Waals surface area contributed by atoms with Crippen LogP contribution in [0.1, 0.15) is 29.6 Å². The second-order valence-electron chi connectivity index (χ2n) is 7.07. The molecule has 0 aliphatic carbocycles. The lowest BCUT2D eigenvalue weighted by atomic mass is 9.93. The summed E-state index contributed by atoms with van der Waals surface area (Å²) in [5.41, 5.74) is 4.59. The molecule has 4 aromatic rings. The number of anilines is 1. The average Bonchev–Trinajstić information content (AvgIpc) is 3.12. The van der Waals surface area contributed by atoms with E-state index < -0.39 is 0 Å². The number of para-hydroxylation sites is 2. The van der Waals surface area contributed by atoms with E-state index >= 15 is 0 Å². The summed E-state index contributed by atoms with van der Waals surface area (Å²) in [4.78, 5) is 4.86. The maximum atomic E-state index is 6.09. The minimum atomic E-state index is 0.161. The number of ether oxygens (including phenoxy) is 1. The number of hydrogen-bond donors (Lipinski definition) is 1. The van der Waals surface area contributed by atoms with Crippen LogP contribution in [0.15, 0.2) is 72.8 Å². The molecule has 140 valence electrons. The zero-order valence-corrected chi connectivity index (χ0v) is 16.2. The van der Waals surface area contributed by atoms with Crippen molar-refractivity contribution < 1.29 is 4.74 Å². The fraction of sp³-hybridized carbons (Fsp3) is 0.174. The lowest BCUT2D eigenvalue weighted by Crippen LogP contribution is -2.27. The average molecular weight is 390 g/mol. The molecule has 0 radical (unpaired) electrons. The Morgan fingerprint density at radius 2 is 1.68 bits per heavy atom. The number of rotatable bonds is 3. The molecule has 0 spiro atoms. The fourth-order valence-corrected chi connectivity index (χ4v) is 4.16. The molecule has 0 saturated carbocycles. The molecule has 4 nitrogen and oxygen atoms in total. The Kier molecular flexibility index (Phi) is 4.21. The van der Waals surface area contributed by atoms with Crippen LogP contribution in [0.25, 0.3) is 11.0 Å². The monoisotopic (exact) mass is 389 g/mol. The Morgan fingerprint density at radius 1 is 0.964 bits per heavy atom. The van der Waals surface area contributed by atoms with Crippen molar-refractivity contribution in [1.29, 1.82) is 0 Å². The maximum Gasteiger partial charge on any atom is 0.204 e. The largest absolute Gasteiger partial charge is 0.497 e. The first kappa shape index (κ1) is 17.1. The Labute approximate surface area is 168 Å². The number of fused-ring (bicyclic) bond motifs is 3. The molecule has 2 heterocycles. The Bertz CT molecular complexity index is 1120. The van der Waals surface area contributed by atoms with E-state index in [0.29, 0.717) is 0 Å². The number of aromatic nitrogens is 2. The molecule has 1 aliphatic heterocycles.